The molecule has 0 amide bonds. The predicted octanol–water partition coefficient (Wildman–Crippen LogP) is 1.88. The zero-order chi connectivity index (χ0) is 13.1. The van der Waals surface area contributed by atoms with Crippen LogP contribution in [0.3, 0.4) is 0 Å². The van der Waals surface area contributed by atoms with Crippen molar-refractivity contribution in [1.29, 1.82) is 0 Å². The first-order valence-corrected chi connectivity index (χ1v) is 6.30. The fraction of sp³-hybridized carbons (Fsp3) is 0.923. The van der Waals surface area contributed by atoms with Gasteiger partial charge in [-0.25, -0.2) is 0 Å². The third kappa shape index (κ3) is 5.04. The molecule has 0 bridgehead atoms. The highest BCUT2D eigenvalue weighted by molar-refractivity contribution is 5.75. The summed E-state index contributed by atoms with van der Waals surface area (Å²) in [4.78, 5) is 11.8. The number of nitrogens with one attached hydrogen (secondary N) is 1. The second-order valence-electron chi connectivity index (χ2n) is 6.12. The molecule has 1 fully saturated rings. The van der Waals surface area contributed by atoms with E-state index in [9.17, 15) is 4.79 Å². The van der Waals surface area contributed by atoms with Crippen molar-refractivity contribution in [1.82, 2.24) is 5.32 Å². The summed E-state index contributed by atoms with van der Waals surface area (Å²) in [5.74, 6) is -0.204. The Balaban J connectivity index is 2.47. The standard InChI is InChI=1S/C13H25NO3/c1-10(11(15)17-12(2,3)4)14-13(5)7-6-8-16-9-13/h10,14H,6-9H2,1-5H3. The highest BCUT2D eigenvalue weighted by Crippen LogP contribution is 2.19. The third-order valence-electron chi connectivity index (χ3n) is 2.76. The van der Waals surface area contributed by atoms with Crippen LogP contribution in [-0.4, -0.2) is 36.4 Å². The van der Waals surface area contributed by atoms with Crippen LogP contribution in [0, 0.1) is 0 Å². The maximum Gasteiger partial charge on any atom is 0.323 e. The van der Waals surface area contributed by atoms with E-state index < -0.39 is 5.60 Å². The van der Waals surface area contributed by atoms with Crippen LogP contribution < -0.4 is 5.32 Å². The third-order valence-corrected chi connectivity index (χ3v) is 2.76. The molecule has 1 rings (SSSR count). The maximum atomic E-state index is 11.8. The van der Waals surface area contributed by atoms with E-state index in [4.69, 9.17) is 9.47 Å². The van der Waals surface area contributed by atoms with E-state index in [0.29, 0.717) is 6.61 Å². The average Bonchev–Trinajstić information content (AvgIpc) is 2.15. The summed E-state index contributed by atoms with van der Waals surface area (Å²) in [7, 11) is 0. The molecular formula is C13H25NO3. The summed E-state index contributed by atoms with van der Waals surface area (Å²) in [6.07, 6.45) is 2.06. The van der Waals surface area contributed by atoms with E-state index in [1.807, 2.05) is 27.7 Å². The first kappa shape index (κ1) is 14.5. The molecular weight excluding hydrogens is 218 g/mol. The van der Waals surface area contributed by atoms with Gasteiger partial charge in [0.15, 0.2) is 0 Å². The largest absolute Gasteiger partial charge is 0.459 e. The Morgan fingerprint density at radius 2 is 2.12 bits per heavy atom. The van der Waals surface area contributed by atoms with E-state index in [1.165, 1.54) is 0 Å². The van der Waals surface area contributed by atoms with Gasteiger partial charge in [-0.15, -0.1) is 0 Å². The second kappa shape index (κ2) is 5.36. The van der Waals surface area contributed by atoms with Gasteiger partial charge >= 0.3 is 5.97 Å². The van der Waals surface area contributed by atoms with Crippen LogP contribution in [0.5, 0.6) is 0 Å². The van der Waals surface area contributed by atoms with Gasteiger partial charge in [0, 0.05) is 12.1 Å². The van der Waals surface area contributed by atoms with Gasteiger partial charge in [-0.05, 0) is 47.5 Å². The van der Waals surface area contributed by atoms with Crippen molar-refractivity contribution in [2.75, 3.05) is 13.2 Å². The minimum absolute atomic E-state index is 0.116. The van der Waals surface area contributed by atoms with Crippen LogP contribution >= 0.6 is 0 Å². The number of hydrogen-bond acceptors (Lipinski definition) is 4. The van der Waals surface area contributed by atoms with Crippen molar-refractivity contribution in [2.45, 2.75) is 64.6 Å². The zero-order valence-corrected chi connectivity index (χ0v) is 11.6. The molecule has 1 saturated heterocycles. The lowest BCUT2D eigenvalue weighted by Crippen LogP contribution is -2.55. The van der Waals surface area contributed by atoms with Gasteiger partial charge in [-0.2, -0.15) is 0 Å². The summed E-state index contributed by atoms with van der Waals surface area (Å²) in [6, 6.07) is -0.305. The molecule has 0 aliphatic carbocycles. The van der Waals surface area contributed by atoms with Gasteiger partial charge in [-0.3, -0.25) is 10.1 Å². The molecule has 0 radical (unpaired) electrons. The lowest BCUT2D eigenvalue weighted by molar-refractivity contribution is -0.158. The van der Waals surface area contributed by atoms with E-state index in [0.717, 1.165) is 19.4 Å². The first-order chi connectivity index (χ1) is 7.72. The Morgan fingerprint density at radius 1 is 1.47 bits per heavy atom. The lowest BCUT2D eigenvalue weighted by Gasteiger charge is -2.36. The average molecular weight is 243 g/mol. The van der Waals surface area contributed by atoms with E-state index in [2.05, 4.69) is 12.2 Å². The normalized spacial score (nSPS) is 27.6. The first-order valence-electron chi connectivity index (χ1n) is 6.30. The minimum Gasteiger partial charge on any atom is -0.459 e. The van der Waals surface area contributed by atoms with Crippen LogP contribution in [0.25, 0.3) is 0 Å². The molecule has 0 aromatic heterocycles. The minimum atomic E-state index is -0.434. The molecule has 4 heteroatoms. The highest BCUT2D eigenvalue weighted by Gasteiger charge is 2.32. The Bertz CT molecular complexity index is 264. The summed E-state index contributed by atoms with van der Waals surface area (Å²) in [5, 5.41) is 3.32. The smallest absolute Gasteiger partial charge is 0.323 e. The van der Waals surface area contributed by atoms with E-state index >= 15 is 0 Å². The number of rotatable bonds is 3. The fourth-order valence-corrected chi connectivity index (χ4v) is 2.02. The van der Waals surface area contributed by atoms with Crippen molar-refractivity contribution in [3.8, 4) is 0 Å². The van der Waals surface area contributed by atoms with Crippen molar-refractivity contribution in [3.05, 3.63) is 0 Å². The van der Waals surface area contributed by atoms with Crippen molar-refractivity contribution in [2.24, 2.45) is 0 Å². The molecule has 4 nitrogen and oxygen atoms in total. The Labute approximate surface area is 104 Å². The molecule has 17 heavy (non-hydrogen) atoms. The van der Waals surface area contributed by atoms with Crippen molar-refractivity contribution >= 4 is 5.97 Å². The SMILES string of the molecule is CC(NC1(C)CCCOC1)C(=O)OC(C)(C)C. The summed E-state index contributed by atoms with van der Waals surface area (Å²) in [5.41, 5.74) is -0.550. The lowest BCUT2D eigenvalue weighted by atomic mass is 9.94. The maximum absolute atomic E-state index is 11.8. The number of esters is 1. The van der Waals surface area contributed by atoms with Gasteiger partial charge in [0.1, 0.15) is 11.6 Å². The Morgan fingerprint density at radius 3 is 2.59 bits per heavy atom. The fourth-order valence-electron chi connectivity index (χ4n) is 2.02. The summed E-state index contributed by atoms with van der Waals surface area (Å²) >= 11 is 0. The molecule has 0 aromatic carbocycles. The molecule has 1 aliphatic rings. The van der Waals surface area contributed by atoms with Crippen LogP contribution in [0.15, 0.2) is 0 Å². The van der Waals surface area contributed by atoms with Gasteiger partial charge in [0.2, 0.25) is 0 Å². The molecule has 2 unspecified atom stereocenters. The number of carbonyl (C=O) groups is 1. The molecule has 0 spiro atoms. The number of hydrogen-bond donors (Lipinski definition) is 1. The van der Waals surface area contributed by atoms with Crippen LogP contribution in [0.2, 0.25) is 0 Å². The summed E-state index contributed by atoms with van der Waals surface area (Å²) in [6.45, 7) is 11.0. The number of ether oxygens (including phenoxy) is 2. The van der Waals surface area contributed by atoms with Crippen LogP contribution in [-0.2, 0) is 14.3 Å². The molecule has 1 aliphatic heterocycles. The number of carbonyl (C=O) groups excluding carboxylic acids is 1. The Kier molecular flexibility index (Phi) is 4.55. The monoisotopic (exact) mass is 243 g/mol. The van der Waals surface area contributed by atoms with Gasteiger partial charge < -0.3 is 9.47 Å². The quantitative estimate of drug-likeness (QED) is 0.769. The van der Waals surface area contributed by atoms with Crippen molar-refractivity contribution < 1.29 is 14.3 Å². The molecule has 0 aromatic rings. The van der Waals surface area contributed by atoms with Crippen LogP contribution in [0.4, 0.5) is 0 Å². The summed E-state index contributed by atoms with van der Waals surface area (Å²) < 4.78 is 10.8. The Hall–Kier alpha value is -0.610. The second-order valence-corrected chi connectivity index (χ2v) is 6.12. The topological polar surface area (TPSA) is 47.6 Å². The van der Waals surface area contributed by atoms with Crippen LogP contribution in [0.1, 0.15) is 47.5 Å². The van der Waals surface area contributed by atoms with Gasteiger partial charge in [0.25, 0.3) is 0 Å². The predicted molar refractivity (Wildman–Crippen MR) is 66.9 cm³/mol. The zero-order valence-electron chi connectivity index (χ0n) is 11.6. The molecule has 1 N–H and O–H groups in total. The van der Waals surface area contributed by atoms with Crippen molar-refractivity contribution in [3.63, 3.8) is 0 Å². The highest BCUT2D eigenvalue weighted by atomic mass is 16.6. The molecule has 0 saturated carbocycles. The van der Waals surface area contributed by atoms with E-state index in [1.54, 1.807) is 0 Å². The molecule has 100 valence electrons. The molecule has 1 heterocycles. The molecule has 2 atom stereocenters. The van der Waals surface area contributed by atoms with Gasteiger partial charge in [-0.1, -0.05) is 0 Å². The van der Waals surface area contributed by atoms with Gasteiger partial charge in [0.05, 0.1) is 6.61 Å². The van der Waals surface area contributed by atoms with E-state index in [-0.39, 0.29) is 17.6 Å².